The van der Waals surface area contributed by atoms with Crippen LogP contribution in [0.1, 0.15) is 52.9 Å². The predicted molar refractivity (Wildman–Crippen MR) is 81.0 cm³/mol. The van der Waals surface area contributed by atoms with Crippen LogP contribution in [-0.2, 0) is 0 Å². The smallest absolute Gasteiger partial charge is 0.0976 e. The first-order chi connectivity index (χ1) is 9.24. The second-order valence-corrected chi connectivity index (χ2v) is 5.81. The molecule has 110 valence electrons. The molecule has 0 radical (unpaired) electrons. The van der Waals surface area contributed by atoms with Gasteiger partial charge >= 0.3 is 0 Å². The van der Waals surface area contributed by atoms with E-state index >= 15 is 0 Å². The van der Waals surface area contributed by atoms with Gasteiger partial charge in [0.15, 0.2) is 0 Å². The maximum atomic E-state index is 9.12. The van der Waals surface area contributed by atoms with Gasteiger partial charge in [-0.1, -0.05) is 40.0 Å². The maximum absolute atomic E-state index is 9.12. The molecule has 1 aliphatic heterocycles. The quantitative estimate of drug-likeness (QED) is 0.675. The lowest BCUT2D eigenvalue weighted by Gasteiger charge is -2.38. The van der Waals surface area contributed by atoms with E-state index in [1.54, 1.807) is 0 Å². The van der Waals surface area contributed by atoms with Gasteiger partial charge in [-0.2, -0.15) is 5.26 Å². The first-order valence-electron chi connectivity index (χ1n) is 8.11. The van der Waals surface area contributed by atoms with Gasteiger partial charge < -0.3 is 4.90 Å². The fourth-order valence-corrected chi connectivity index (χ4v) is 2.97. The molecule has 1 heterocycles. The Morgan fingerprint density at radius 3 is 2.21 bits per heavy atom. The van der Waals surface area contributed by atoms with E-state index in [0.29, 0.717) is 0 Å². The third-order valence-corrected chi connectivity index (χ3v) is 4.44. The number of nitrogens with zero attached hydrogens (tertiary/aromatic N) is 3. The lowest BCUT2D eigenvalue weighted by atomic mass is 9.98. The van der Waals surface area contributed by atoms with Crippen LogP contribution in [0.2, 0.25) is 0 Å². The highest BCUT2D eigenvalue weighted by Crippen LogP contribution is 2.16. The molecule has 0 spiro atoms. The predicted octanol–water partition coefficient (Wildman–Crippen LogP) is 3.12. The van der Waals surface area contributed by atoms with E-state index in [0.717, 1.165) is 38.5 Å². The summed E-state index contributed by atoms with van der Waals surface area (Å²) < 4.78 is 0. The fourth-order valence-electron chi connectivity index (χ4n) is 2.97. The molecule has 1 aliphatic rings. The van der Waals surface area contributed by atoms with Crippen molar-refractivity contribution in [3.63, 3.8) is 0 Å². The number of unbranched alkanes of at least 4 members (excludes halogenated alkanes) is 1. The summed E-state index contributed by atoms with van der Waals surface area (Å²) in [7, 11) is 0. The van der Waals surface area contributed by atoms with E-state index in [-0.39, 0.29) is 6.04 Å². The standard InChI is InChI=1S/C16H31N3/c1-4-7-8-15(5-2)14-18-9-11-19(12-10-18)16(6-3)13-17/h15-16H,4-12,14H2,1-3H3. The van der Waals surface area contributed by atoms with Crippen molar-refractivity contribution in [2.75, 3.05) is 32.7 Å². The van der Waals surface area contributed by atoms with Crippen LogP contribution in [0.5, 0.6) is 0 Å². The normalized spacial score (nSPS) is 20.9. The van der Waals surface area contributed by atoms with Gasteiger partial charge in [-0.3, -0.25) is 4.90 Å². The van der Waals surface area contributed by atoms with Gasteiger partial charge in [0.05, 0.1) is 12.1 Å². The first-order valence-corrected chi connectivity index (χ1v) is 8.11. The van der Waals surface area contributed by atoms with Crippen molar-refractivity contribution in [1.82, 2.24) is 9.80 Å². The van der Waals surface area contributed by atoms with E-state index in [1.165, 1.54) is 32.2 Å². The molecule has 1 fully saturated rings. The molecular weight excluding hydrogens is 234 g/mol. The molecule has 0 bridgehead atoms. The van der Waals surface area contributed by atoms with E-state index in [1.807, 2.05) is 0 Å². The zero-order chi connectivity index (χ0) is 14.1. The summed E-state index contributed by atoms with van der Waals surface area (Å²) in [6, 6.07) is 2.55. The zero-order valence-electron chi connectivity index (χ0n) is 13.1. The summed E-state index contributed by atoms with van der Waals surface area (Å²) in [6.45, 7) is 12.4. The molecule has 0 saturated carbocycles. The Morgan fingerprint density at radius 2 is 1.74 bits per heavy atom. The van der Waals surface area contributed by atoms with Crippen molar-refractivity contribution in [2.24, 2.45) is 5.92 Å². The lowest BCUT2D eigenvalue weighted by molar-refractivity contribution is 0.0980. The minimum absolute atomic E-state index is 0.129. The van der Waals surface area contributed by atoms with Crippen molar-refractivity contribution in [3.05, 3.63) is 0 Å². The molecule has 0 aromatic rings. The molecule has 0 N–H and O–H groups in total. The van der Waals surface area contributed by atoms with E-state index in [4.69, 9.17) is 5.26 Å². The summed E-state index contributed by atoms with van der Waals surface area (Å²) in [5, 5.41) is 9.12. The van der Waals surface area contributed by atoms with Crippen molar-refractivity contribution >= 4 is 0 Å². The minimum atomic E-state index is 0.129. The minimum Gasteiger partial charge on any atom is -0.301 e. The van der Waals surface area contributed by atoms with Gasteiger partial charge in [0.2, 0.25) is 0 Å². The van der Waals surface area contributed by atoms with Crippen LogP contribution in [0.3, 0.4) is 0 Å². The fraction of sp³-hybridized carbons (Fsp3) is 0.938. The van der Waals surface area contributed by atoms with Crippen molar-refractivity contribution < 1.29 is 0 Å². The number of rotatable bonds is 8. The highest BCUT2D eigenvalue weighted by atomic mass is 15.3. The van der Waals surface area contributed by atoms with E-state index in [9.17, 15) is 0 Å². The van der Waals surface area contributed by atoms with Gasteiger partial charge in [0.25, 0.3) is 0 Å². The molecule has 19 heavy (non-hydrogen) atoms. The van der Waals surface area contributed by atoms with Crippen LogP contribution >= 0.6 is 0 Å². The van der Waals surface area contributed by atoms with Crippen LogP contribution in [-0.4, -0.2) is 48.6 Å². The summed E-state index contributed by atoms with van der Waals surface area (Å²) in [4.78, 5) is 4.95. The molecule has 0 amide bonds. The number of piperazine rings is 1. The molecule has 0 aromatic carbocycles. The first kappa shape index (κ1) is 16.5. The Labute approximate surface area is 119 Å². The average Bonchev–Trinajstić information content (AvgIpc) is 2.46. The second kappa shape index (κ2) is 9.34. The summed E-state index contributed by atoms with van der Waals surface area (Å²) in [5.41, 5.74) is 0. The zero-order valence-corrected chi connectivity index (χ0v) is 13.1. The number of hydrogen-bond donors (Lipinski definition) is 0. The monoisotopic (exact) mass is 265 g/mol. The van der Waals surface area contributed by atoms with Crippen molar-refractivity contribution in [2.45, 2.75) is 58.9 Å². The summed E-state index contributed by atoms with van der Waals surface area (Å²) in [5.74, 6) is 0.865. The number of nitriles is 1. The third kappa shape index (κ3) is 5.50. The molecule has 3 nitrogen and oxygen atoms in total. The Morgan fingerprint density at radius 1 is 1.05 bits per heavy atom. The Kier molecular flexibility index (Phi) is 8.09. The van der Waals surface area contributed by atoms with Crippen LogP contribution in [0.4, 0.5) is 0 Å². The topological polar surface area (TPSA) is 30.3 Å². The summed E-state index contributed by atoms with van der Waals surface area (Å²) >= 11 is 0. The van der Waals surface area contributed by atoms with E-state index < -0.39 is 0 Å². The Bertz CT molecular complexity index is 264. The van der Waals surface area contributed by atoms with Crippen LogP contribution < -0.4 is 0 Å². The average molecular weight is 265 g/mol. The van der Waals surface area contributed by atoms with Crippen LogP contribution in [0, 0.1) is 17.2 Å². The van der Waals surface area contributed by atoms with Crippen molar-refractivity contribution in [1.29, 1.82) is 5.26 Å². The van der Waals surface area contributed by atoms with Crippen LogP contribution in [0.15, 0.2) is 0 Å². The Balaban J connectivity index is 2.31. The molecule has 2 unspecified atom stereocenters. The molecule has 1 rings (SSSR count). The molecule has 1 saturated heterocycles. The van der Waals surface area contributed by atoms with Gasteiger partial charge in [0.1, 0.15) is 0 Å². The van der Waals surface area contributed by atoms with Crippen molar-refractivity contribution in [3.8, 4) is 6.07 Å². The highest BCUT2D eigenvalue weighted by Gasteiger charge is 2.23. The molecule has 0 aromatic heterocycles. The SMILES string of the molecule is CCCCC(CC)CN1CCN(C(C#N)CC)CC1. The van der Waals surface area contributed by atoms with Crippen LogP contribution in [0.25, 0.3) is 0 Å². The van der Waals surface area contributed by atoms with Gasteiger partial charge in [-0.25, -0.2) is 0 Å². The molecule has 2 atom stereocenters. The van der Waals surface area contributed by atoms with E-state index in [2.05, 4.69) is 36.6 Å². The molecule has 3 heteroatoms. The molecule has 0 aliphatic carbocycles. The molecular formula is C16H31N3. The number of hydrogen-bond acceptors (Lipinski definition) is 3. The lowest BCUT2D eigenvalue weighted by Crippen LogP contribution is -2.50. The third-order valence-electron chi connectivity index (χ3n) is 4.44. The second-order valence-electron chi connectivity index (χ2n) is 5.81. The van der Waals surface area contributed by atoms with Gasteiger partial charge in [0, 0.05) is 32.7 Å². The highest BCUT2D eigenvalue weighted by molar-refractivity contribution is 4.92. The summed E-state index contributed by atoms with van der Waals surface area (Å²) in [6.07, 6.45) is 6.30. The largest absolute Gasteiger partial charge is 0.301 e. The maximum Gasteiger partial charge on any atom is 0.0976 e. The van der Waals surface area contributed by atoms with Gasteiger partial charge in [-0.05, 0) is 18.8 Å². The Hall–Kier alpha value is -0.590. The van der Waals surface area contributed by atoms with Gasteiger partial charge in [-0.15, -0.1) is 0 Å².